The van der Waals surface area contributed by atoms with Crippen molar-refractivity contribution in [2.24, 2.45) is 0 Å². The Morgan fingerprint density at radius 2 is 1.86 bits per heavy atom. The summed E-state index contributed by atoms with van der Waals surface area (Å²) in [6.07, 6.45) is -4.06. The highest BCUT2D eigenvalue weighted by Gasteiger charge is 2.32. The lowest BCUT2D eigenvalue weighted by atomic mass is 10.1. The van der Waals surface area contributed by atoms with Gasteiger partial charge in [0.2, 0.25) is 0 Å². The first-order chi connectivity index (χ1) is 9.68. The second kappa shape index (κ2) is 5.84. The lowest BCUT2D eigenvalue weighted by Gasteiger charge is -2.30. The van der Waals surface area contributed by atoms with Crippen LogP contribution in [0.15, 0.2) is 24.3 Å². The molecule has 0 aliphatic carbocycles. The fourth-order valence-corrected chi connectivity index (χ4v) is 4.22. The Morgan fingerprint density at radius 1 is 1.24 bits per heavy atom. The summed E-state index contributed by atoms with van der Waals surface area (Å²) in [5.74, 6) is -0.282. The first kappa shape index (κ1) is 16.1. The van der Waals surface area contributed by atoms with Gasteiger partial charge in [-0.1, -0.05) is 19.1 Å². The van der Waals surface area contributed by atoms with Crippen molar-refractivity contribution in [2.75, 3.05) is 11.5 Å². The number of benzene rings is 1. The molecule has 1 fully saturated rings. The van der Waals surface area contributed by atoms with Crippen molar-refractivity contribution in [1.82, 2.24) is 5.32 Å². The average molecular weight is 323 g/mol. The predicted molar refractivity (Wildman–Crippen MR) is 71.7 cm³/mol. The largest absolute Gasteiger partial charge is 0.573 e. The van der Waals surface area contributed by atoms with Gasteiger partial charge in [0.05, 0.1) is 11.5 Å². The standard InChI is InChI=1S/C13H16F3NO3S/c1-2-10-7-21(18,19)8-12(17-10)9-3-5-11(6-4-9)20-13(14,15)16/h3-6,10,12,17H,2,7-8H2,1H3. The highest BCUT2D eigenvalue weighted by Crippen LogP contribution is 2.26. The van der Waals surface area contributed by atoms with E-state index in [1.165, 1.54) is 24.3 Å². The van der Waals surface area contributed by atoms with Crippen LogP contribution in [0.3, 0.4) is 0 Å². The summed E-state index contributed by atoms with van der Waals surface area (Å²) in [6, 6.07) is 4.73. The Morgan fingerprint density at radius 3 is 2.38 bits per heavy atom. The molecule has 0 spiro atoms. The number of nitrogens with one attached hydrogen (secondary N) is 1. The zero-order chi connectivity index (χ0) is 15.7. The zero-order valence-corrected chi connectivity index (χ0v) is 12.2. The number of rotatable bonds is 3. The molecule has 1 aliphatic heterocycles. The molecule has 0 bridgehead atoms. The molecular weight excluding hydrogens is 307 g/mol. The Kier molecular flexibility index (Phi) is 4.48. The summed E-state index contributed by atoms with van der Waals surface area (Å²) in [4.78, 5) is 0. The van der Waals surface area contributed by atoms with Crippen LogP contribution in [0.25, 0.3) is 0 Å². The molecule has 118 valence electrons. The summed E-state index contributed by atoms with van der Waals surface area (Å²) in [5.41, 5.74) is 0.631. The highest BCUT2D eigenvalue weighted by atomic mass is 32.2. The molecule has 1 heterocycles. The molecule has 1 N–H and O–H groups in total. The van der Waals surface area contributed by atoms with Crippen LogP contribution in [-0.2, 0) is 9.84 Å². The number of ether oxygens (including phenoxy) is 1. The lowest BCUT2D eigenvalue weighted by Crippen LogP contribution is -2.46. The van der Waals surface area contributed by atoms with Crippen molar-refractivity contribution < 1.29 is 26.3 Å². The molecule has 2 unspecified atom stereocenters. The molecule has 21 heavy (non-hydrogen) atoms. The third-order valence-electron chi connectivity index (χ3n) is 3.32. The topological polar surface area (TPSA) is 55.4 Å². The van der Waals surface area contributed by atoms with Gasteiger partial charge in [0, 0.05) is 12.1 Å². The van der Waals surface area contributed by atoms with Gasteiger partial charge in [-0.05, 0) is 24.1 Å². The third-order valence-corrected chi connectivity index (χ3v) is 5.07. The van der Waals surface area contributed by atoms with Gasteiger partial charge in [0.1, 0.15) is 5.75 Å². The van der Waals surface area contributed by atoms with E-state index < -0.39 is 22.2 Å². The molecule has 2 rings (SSSR count). The monoisotopic (exact) mass is 323 g/mol. The van der Waals surface area contributed by atoms with Crippen LogP contribution in [0, 0.1) is 0 Å². The smallest absolute Gasteiger partial charge is 0.406 e. The van der Waals surface area contributed by atoms with E-state index in [9.17, 15) is 21.6 Å². The average Bonchev–Trinajstić information content (AvgIpc) is 2.35. The molecule has 0 aromatic heterocycles. The van der Waals surface area contributed by atoms with E-state index in [0.717, 1.165) is 0 Å². The summed E-state index contributed by atoms with van der Waals surface area (Å²) in [6.45, 7) is 1.88. The third kappa shape index (κ3) is 4.60. The molecule has 1 aliphatic rings. The Bertz CT molecular complexity index is 584. The van der Waals surface area contributed by atoms with E-state index in [1.807, 2.05) is 6.92 Å². The molecule has 0 radical (unpaired) electrons. The van der Waals surface area contributed by atoms with Crippen LogP contribution < -0.4 is 10.1 Å². The fourth-order valence-electron chi connectivity index (χ4n) is 2.34. The van der Waals surface area contributed by atoms with Crippen LogP contribution in [0.2, 0.25) is 0 Å². The summed E-state index contributed by atoms with van der Waals surface area (Å²) in [7, 11) is -3.15. The molecular formula is C13H16F3NO3S. The first-order valence-electron chi connectivity index (χ1n) is 6.51. The van der Waals surface area contributed by atoms with Crippen molar-refractivity contribution in [3.8, 4) is 5.75 Å². The van der Waals surface area contributed by atoms with Crippen molar-refractivity contribution in [1.29, 1.82) is 0 Å². The van der Waals surface area contributed by atoms with Crippen LogP contribution in [0.4, 0.5) is 13.2 Å². The molecule has 1 aromatic rings. The van der Waals surface area contributed by atoms with E-state index in [0.29, 0.717) is 12.0 Å². The molecule has 2 atom stereocenters. The van der Waals surface area contributed by atoms with Crippen LogP contribution in [0.1, 0.15) is 24.9 Å². The van der Waals surface area contributed by atoms with Gasteiger partial charge in [0.25, 0.3) is 0 Å². The maximum Gasteiger partial charge on any atom is 0.573 e. The SMILES string of the molecule is CCC1CS(=O)(=O)CC(c2ccc(OC(F)(F)F)cc2)N1. The minimum Gasteiger partial charge on any atom is -0.406 e. The first-order valence-corrected chi connectivity index (χ1v) is 8.33. The summed E-state index contributed by atoms with van der Waals surface area (Å²) >= 11 is 0. The number of sulfone groups is 1. The lowest BCUT2D eigenvalue weighted by molar-refractivity contribution is -0.274. The number of hydrogen-bond acceptors (Lipinski definition) is 4. The fraction of sp³-hybridized carbons (Fsp3) is 0.538. The number of halogens is 3. The van der Waals surface area contributed by atoms with Gasteiger partial charge in [-0.3, -0.25) is 0 Å². The molecule has 1 aromatic carbocycles. The maximum atomic E-state index is 12.1. The van der Waals surface area contributed by atoms with Crippen LogP contribution >= 0.6 is 0 Å². The second-order valence-electron chi connectivity index (χ2n) is 5.02. The molecule has 4 nitrogen and oxygen atoms in total. The summed E-state index contributed by atoms with van der Waals surface area (Å²) in [5, 5.41) is 3.20. The molecule has 1 saturated heterocycles. The minimum absolute atomic E-state index is 0.0526. The minimum atomic E-state index is -4.73. The van der Waals surface area contributed by atoms with Gasteiger partial charge in [-0.2, -0.15) is 0 Å². The quantitative estimate of drug-likeness (QED) is 0.928. The van der Waals surface area contributed by atoms with Gasteiger partial charge in [0.15, 0.2) is 9.84 Å². The normalized spacial score (nSPS) is 25.5. The van der Waals surface area contributed by atoms with Gasteiger partial charge in [-0.15, -0.1) is 13.2 Å². The van der Waals surface area contributed by atoms with Crippen molar-refractivity contribution in [3.05, 3.63) is 29.8 Å². The predicted octanol–water partition coefficient (Wildman–Crippen LogP) is 2.42. The molecule has 8 heteroatoms. The maximum absolute atomic E-state index is 12.1. The molecule has 0 amide bonds. The number of alkyl halides is 3. The van der Waals surface area contributed by atoms with Gasteiger partial charge in [-0.25, -0.2) is 8.42 Å². The van der Waals surface area contributed by atoms with Crippen molar-refractivity contribution in [3.63, 3.8) is 0 Å². The Hall–Kier alpha value is -1.28. The van der Waals surface area contributed by atoms with Crippen LogP contribution in [0.5, 0.6) is 5.75 Å². The highest BCUT2D eigenvalue weighted by molar-refractivity contribution is 7.91. The van der Waals surface area contributed by atoms with E-state index in [-0.39, 0.29) is 23.3 Å². The number of hydrogen-bond donors (Lipinski definition) is 1. The van der Waals surface area contributed by atoms with E-state index in [1.54, 1.807) is 0 Å². The van der Waals surface area contributed by atoms with Gasteiger partial charge < -0.3 is 10.1 Å². The van der Waals surface area contributed by atoms with E-state index >= 15 is 0 Å². The van der Waals surface area contributed by atoms with Gasteiger partial charge >= 0.3 is 6.36 Å². The van der Waals surface area contributed by atoms with E-state index in [4.69, 9.17) is 0 Å². The van der Waals surface area contributed by atoms with Crippen molar-refractivity contribution >= 4 is 9.84 Å². The molecule has 0 saturated carbocycles. The van der Waals surface area contributed by atoms with Crippen LogP contribution in [-0.4, -0.2) is 32.3 Å². The Labute approximate surface area is 121 Å². The second-order valence-corrected chi connectivity index (χ2v) is 7.17. The Balaban J connectivity index is 2.14. The van der Waals surface area contributed by atoms with E-state index in [2.05, 4.69) is 10.1 Å². The zero-order valence-electron chi connectivity index (χ0n) is 11.4. The van der Waals surface area contributed by atoms with Crippen molar-refractivity contribution in [2.45, 2.75) is 31.8 Å². The summed E-state index contributed by atoms with van der Waals surface area (Å²) < 4.78 is 63.7.